The highest BCUT2D eigenvalue weighted by atomic mass is 16.5. The Hall–Kier alpha value is -4.17. The van der Waals surface area contributed by atoms with Gasteiger partial charge in [0.1, 0.15) is 11.5 Å². The Morgan fingerprint density at radius 2 is 1.29 bits per heavy atom. The van der Waals surface area contributed by atoms with Crippen LogP contribution in [-0.2, 0) is 19.1 Å². The van der Waals surface area contributed by atoms with E-state index in [1.807, 2.05) is 24.3 Å². The Morgan fingerprint density at radius 1 is 0.763 bits per heavy atom. The molecule has 202 valence electrons. The van der Waals surface area contributed by atoms with Gasteiger partial charge in [-0.2, -0.15) is 0 Å². The molecule has 0 radical (unpaired) electrons. The Labute approximate surface area is 223 Å². The molecule has 0 aliphatic carbocycles. The monoisotopic (exact) mass is 522 g/mol. The van der Waals surface area contributed by atoms with Gasteiger partial charge in [0.15, 0.2) is 5.78 Å². The number of aliphatic hydroxyl groups excluding tert-OH is 1. The van der Waals surface area contributed by atoms with Gasteiger partial charge >= 0.3 is 11.9 Å². The van der Waals surface area contributed by atoms with E-state index in [1.165, 1.54) is 6.08 Å². The fraction of sp³-hybridized carbons (Fsp3) is 0.300. The van der Waals surface area contributed by atoms with Crippen LogP contribution in [0.3, 0.4) is 0 Å². The average Bonchev–Trinajstić information content (AvgIpc) is 2.95. The van der Waals surface area contributed by atoms with Crippen LogP contribution in [0.5, 0.6) is 11.5 Å². The van der Waals surface area contributed by atoms with Crippen molar-refractivity contribution in [1.82, 2.24) is 0 Å². The smallest absolute Gasteiger partial charge is 0.335 e. The molecule has 0 fully saturated rings. The van der Waals surface area contributed by atoms with Gasteiger partial charge in [0.25, 0.3) is 0 Å². The van der Waals surface area contributed by atoms with Gasteiger partial charge < -0.3 is 24.1 Å². The molecule has 0 amide bonds. The highest BCUT2D eigenvalue weighted by Crippen LogP contribution is 2.16. The lowest BCUT2D eigenvalue weighted by atomic mass is 10.1. The molecule has 0 spiro atoms. The van der Waals surface area contributed by atoms with Gasteiger partial charge in [-0.1, -0.05) is 31.4 Å². The molecule has 0 aliphatic heterocycles. The van der Waals surface area contributed by atoms with Gasteiger partial charge in [-0.25, -0.2) is 9.59 Å². The summed E-state index contributed by atoms with van der Waals surface area (Å²) in [5.41, 5.74) is 1.44. The lowest BCUT2D eigenvalue weighted by molar-refractivity contribution is -0.140. The predicted molar refractivity (Wildman–Crippen MR) is 144 cm³/mol. The van der Waals surface area contributed by atoms with Gasteiger partial charge in [0.2, 0.25) is 0 Å². The van der Waals surface area contributed by atoms with Gasteiger partial charge in [0, 0.05) is 11.6 Å². The van der Waals surface area contributed by atoms with Crippen molar-refractivity contribution < 1.29 is 38.4 Å². The summed E-state index contributed by atoms with van der Waals surface area (Å²) in [6.07, 6.45) is 7.16. The number of rotatable bonds is 18. The van der Waals surface area contributed by atoms with E-state index < -0.39 is 18.5 Å². The zero-order valence-electron chi connectivity index (χ0n) is 21.4. The quantitative estimate of drug-likeness (QED) is 0.130. The van der Waals surface area contributed by atoms with E-state index in [0.717, 1.165) is 23.8 Å². The molecule has 2 rings (SSSR count). The Morgan fingerprint density at radius 3 is 1.84 bits per heavy atom. The summed E-state index contributed by atoms with van der Waals surface area (Å²) in [5, 5.41) is 8.81. The highest BCUT2D eigenvalue weighted by Gasteiger charge is 2.06. The Balaban J connectivity index is 1.66. The van der Waals surface area contributed by atoms with Crippen molar-refractivity contribution in [1.29, 1.82) is 0 Å². The molecule has 2 aromatic rings. The molecule has 0 aromatic heterocycles. The van der Waals surface area contributed by atoms with E-state index in [2.05, 4.69) is 13.2 Å². The summed E-state index contributed by atoms with van der Waals surface area (Å²) >= 11 is 0. The minimum absolute atomic E-state index is 0.0311. The van der Waals surface area contributed by atoms with Crippen molar-refractivity contribution in [3.63, 3.8) is 0 Å². The highest BCUT2D eigenvalue weighted by molar-refractivity contribution is 6.06. The normalized spacial score (nSPS) is 10.6. The lowest BCUT2D eigenvalue weighted by Crippen LogP contribution is -2.11. The minimum atomic E-state index is -0.595. The minimum Gasteiger partial charge on any atom is -0.494 e. The third-order valence-corrected chi connectivity index (χ3v) is 5.18. The first kappa shape index (κ1) is 30.1. The summed E-state index contributed by atoms with van der Waals surface area (Å²) in [4.78, 5) is 34.8. The molecule has 0 saturated heterocycles. The zero-order valence-corrected chi connectivity index (χ0v) is 21.4. The van der Waals surface area contributed by atoms with Crippen molar-refractivity contribution in [2.75, 3.05) is 33.0 Å². The van der Waals surface area contributed by atoms with Crippen LogP contribution < -0.4 is 9.47 Å². The van der Waals surface area contributed by atoms with Crippen LogP contribution in [0.2, 0.25) is 0 Å². The second kappa shape index (κ2) is 17.3. The van der Waals surface area contributed by atoms with Gasteiger partial charge in [-0.15, -0.1) is 0 Å². The molecule has 38 heavy (non-hydrogen) atoms. The SMILES string of the molecule is C=CC(=O)OCCCCOc1ccc(/C=C/C(=O)c2ccc(OCCCCOC(=O)C(=C)CO)cc2)cc1. The topological polar surface area (TPSA) is 108 Å². The molecule has 1 N–H and O–H groups in total. The maximum absolute atomic E-state index is 12.5. The first-order valence-electron chi connectivity index (χ1n) is 12.4. The van der Waals surface area contributed by atoms with Crippen LogP contribution in [0, 0.1) is 0 Å². The van der Waals surface area contributed by atoms with Crippen LogP contribution >= 0.6 is 0 Å². The summed E-state index contributed by atoms with van der Waals surface area (Å²) in [5.74, 6) is 0.223. The summed E-state index contributed by atoms with van der Waals surface area (Å²) in [6.45, 7) is 7.85. The van der Waals surface area contributed by atoms with Gasteiger partial charge in [-0.3, -0.25) is 4.79 Å². The van der Waals surface area contributed by atoms with Crippen LogP contribution in [0.15, 0.2) is 79.4 Å². The molecule has 0 bridgehead atoms. The standard InChI is InChI=1S/C30H34O8/c1-3-29(33)37-20-6-4-18-35-26-13-8-24(9-14-26)10-17-28(32)25-11-15-27(16-12-25)36-19-5-7-21-38-30(34)23(2)22-31/h3,8-17,31H,1-2,4-7,18-22H2/b17-10+. The first-order chi connectivity index (χ1) is 18.4. The van der Waals surface area contributed by atoms with Gasteiger partial charge in [-0.05, 0) is 73.7 Å². The summed E-state index contributed by atoms with van der Waals surface area (Å²) < 4.78 is 21.2. The van der Waals surface area contributed by atoms with Crippen LogP contribution in [0.1, 0.15) is 41.6 Å². The number of hydrogen-bond acceptors (Lipinski definition) is 8. The number of ketones is 1. The largest absolute Gasteiger partial charge is 0.494 e. The summed E-state index contributed by atoms with van der Waals surface area (Å²) in [7, 11) is 0. The molecular formula is C30H34O8. The molecule has 2 aromatic carbocycles. The summed E-state index contributed by atoms with van der Waals surface area (Å²) in [6, 6.07) is 14.3. The second-order valence-electron chi connectivity index (χ2n) is 8.17. The van der Waals surface area contributed by atoms with E-state index in [0.29, 0.717) is 50.4 Å². The average molecular weight is 523 g/mol. The third-order valence-electron chi connectivity index (χ3n) is 5.18. The third kappa shape index (κ3) is 11.7. The number of carbonyl (C=O) groups excluding carboxylic acids is 3. The predicted octanol–water partition coefficient (Wildman–Crippen LogP) is 4.72. The number of unbranched alkanes of at least 4 members (excludes halogenated alkanes) is 2. The number of benzene rings is 2. The van der Waals surface area contributed by atoms with E-state index in [-0.39, 0.29) is 18.0 Å². The Kier molecular flexibility index (Phi) is 13.7. The fourth-order valence-electron chi connectivity index (χ4n) is 3.01. The molecular weight excluding hydrogens is 488 g/mol. The lowest BCUT2D eigenvalue weighted by Gasteiger charge is -2.08. The first-order valence-corrected chi connectivity index (χ1v) is 12.4. The van der Waals surface area contributed by atoms with E-state index in [4.69, 9.17) is 24.1 Å². The van der Waals surface area contributed by atoms with Crippen LogP contribution in [-0.4, -0.2) is 55.9 Å². The van der Waals surface area contributed by atoms with Crippen molar-refractivity contribution in [2.24, 2.45) is 0 Å². The van der Waals surface area contributed by atoms with Crippen molar-refractivity contribution in [3.8, 4) is 11.5 Å². The maximum atomic E-state index is 12.5. The van der Waals surface area contributed by atoms with Crippen LogP contribution in [0.4, 0.5) is 0 Å². The molecule has 0 heterocycles. The second-order valence-corrected chi connectivity index (χ2v) is 8.17. The number of esters is 2. The molecule has 8 nitrogen and oxygen atoms in total. The van der Waals surface area contributed by atoms with Crippen molar-refractivity contribution in [2.45, 2.75) is 25.7 Å². The fourth-order valence-corrected chi connectivity index (χ4v) is 3.01. The van der Waals surface area contributed by atoms with Gasteiger partial charge in [0.05, 0.1) is 38.6 Å². The van der Waals surface area contributed by atoms with Crippen molar-refractivity contribution in [3.05, 3.63) is 90.5 Å². The van der Waals surface area contributed by atoms with E-state index >= 15 is 0 Å². The molecule has 0 unspecified atom stereocenters. The number of aliphatic hydroxyl groups is 1. The zero-order chi connectivity index (χ0) is 27.6. The number of carbonyl (C=O) groups is 3. The number of hydrogen-bond donors (Lipinski definition) is 1. The van der Waals surface area contributed by atoms with E-state index in [9.17, 15) is 14.4 Å². The molecule has 0 saturated carbocycles. The Bertz CT molecular complexity index is 1080. The van der Waals surface area contributed by atoms with Crippen LogP contribution in [0.25, 0.3) is 6.08 Å². The number of ether oxygens (including phenoxy) is 4. The number of allylic oxidation sites excluding steroid dienone is 1. The molecule has 0 atom stereocenters. The maximum Gasteiger partial charge on any atom is 0.335 e. The van der Waals surface area contributed by atoms with Crippen molar-refractivity contribution >= 4 is 23.8 Å². The molecule has 0 aliphatic rings. The van der Waals surface area contributed by atoms with E-state index in [1.54, 1.807) is 30.3 Å². The molecule has 8 heteroatoms.